The summed E-state index contributed by atoms with van der Waals surface area (Å²) >= 11 is 6.15. The normalized spacial score (nSPS) is 11.0. The molecule has 9 heteroatoms. The number of para-hydroxylation sites is 1. The van der Waals surface area contributed by atoms with Gasteiger partial charge < -0.3 is 10.1 Å². The lowest BCUT2D eigenvalue weighted by atomic mass is 10.1. The van der Waals surface area contributed by atoms with Gasteiger partial charge >= 0.3 is 5.97 Å². The van der Waals surface area contributed by atoms with Gasteiger partial charge in [-0.25, -0.2) is 13.2 Å². The standard InChI is InChI=1S/C23H21ClN2O5S/c1-14-7-4-5-9-19(14)26-32(29,30)21-13-16(11-12-18(21)24)22(27)25-20-10-6-8-17(15(20)2)23(28)31-3/h4-13,26H,1-3H3,(H,25,27). The predicted molar refractivity (Wildman–Crippen MR) is 124 cm³/mol. The summed E-state index contributed by atoms with van der Waals surface area (Å²) in [6, 6.07) is 15.7. The molecule has 0 aliphatic heterocycles. The average Bonchev–Trinajstić information content (AvgIpc) is 2.76. The lowest BCUT2D eigenvalue weighted by Crippen LogP contribution is -2.17. The van der Waals surface area contributed by atoms with Crippen LogP contribution in [0.3, 0.4) is 0 Å². The van der Waals surface area contributed by atoms with Crippen molar-refractivity contribution < 1.29 is 22.7 Å². The van der Waals surface area contributed by atoms with Crippen LogP contribution in [0.4, 0.5) is 11.4 Å². The molecule has 2 N–H and O–H groups in total. The van der Waals surface area contributed by atoms with Crippen LogP contribution in [-0.4, -0.2) is 27.4 Å². The lowest BCUT2D eigenvalue weighted by molar-refractivity contribution is 0.0599. The van der Waals surface area contributed by atoms with E-state index < -0.39 is 21.9 Å². The molecule has 0 saturated heterocycles. The van der Waals surface area contributed by atoms with Gasteiger partial charge in [0.25, 0.3) is 15.9 Å². The summed E-state index contributed by atoms with van der Waals surface area (Å²) in [5.41, 5.74) is 2.47. The second-order valence-electron chi connectivity index (χ2n) is 6.99. The number of amides is 1. The molecule has 0 aliphatic carbocycles. The van der Waals surface area contributed by atoms with E-state index >= 15 is 0 Å². The topological polar surface area (TPSA) is 102 Å². The number of halogens is 1. The van der Waals surface area contributed by atoms with E-state index in [4.69, 9.17) is 16.3 Å². The number of aryl methyl sites for hydroxylation is 1. The highest BCUT2D eigenvalue weighted by atomic mass is 35.5. The van der Waals surface area contributed by atoms with Gasteiger partial charge in [-0.2, -0.15) is 0 Å². The molecule has 166 valence electrons. The first-order valence-corrected chi connectivity index (χ1v) is 11.4. The number of nitrogens with one attached hydrogen (secondary N) is 2. The van der Waals surface area contributed by atoms with E-state index in [1.54, 1.807) is 56.3 Å². The maximum atomic E-state index is 12.9. The van der Waals surface area contributed by atoms with Crippen LogP contribution >= 0.6 is 11.6 Å². The molecule has 0 saturated carbocycles. The number of benzene rings is 3. The summed E-state index contributed by atoms with van der Waals surface area (Å²) in [6.45, 7) is 3.44. The first-order valence-electron chi connectivity index (χ1n) is 9.51. The summed E-state index contributed by atoms with van der Waals surface area (Å²) in [7, 11) is -2.78. The van der Waals surface area contributed by atoms with Crippen molar-refractivity contribution in [1.29, 1.82) is 0 Å². The van der Waals surface area contributed by atoms with Crippen LogP contribution in [0.1, 0.15) is 31.8 Å². The zero-order chi connectivity index (χ0) is 23.5. The van der Waals surface area contributed by atoms with Gasteiger partial charge in [0.05, 0.1) is 23.4 Å². The lowest BCUT2D eigenvalue weighted by Gasteiger charge is -2.14. The first kappa shape index (κ1) is 23.3. The Bertz CT molecular complexity index is 1310. The van der Waals surface area contributed by atoms with Crippen molar-refractivity contribution >= 4 is 44.9 Å². The zero-order valence-electron chi connectivity index (χ0n) is 17.6. The minimum absolute atomic E-state index is 0.0218. The molecule has 0 heterocycles. The van der Waals surface area contributed by atoms with Gasteiger partial charge in [0.2, 0.25) is 0 Å². The second-order valence-corrected chi connectivity index (χ2v) is 9.05. The smallest absolute Gasteiger partial charge is 0.338 e. The van der Waals surface area contributed by atoms with Crippen molar-refractivity contribution in [1.82, 2.24) is 0 Å². The van der Waals surface area contributed by atoms with Gasteiger partial charge in [-0.1, -0.05) is 35.9 Å². The first-order chi connectivity index (χ1) is 15.1. The fourth-order valence-corrected chi connectivity index (χ4v) is 4.69. The molecule has 0 fully saturated rings. The van der Waals surface area contributed by atoms with E-state index in [1.807, 2.05) is 0 Å². The van der Waals surface area contributed by atoms with Crippen molar-refractivity contribution in [3.05, 3.63) is 87.9 Å². The molecule has 1 amide bonds. The molecule has 3 rings (SSSR count). The van der Waals surface area contributed by atoms with Crippen molar-refractivity contribution in [2.75, 3.05) is 17.1 Å². The quantitative estimate of drug-likeness (QED) is 0.502. The van der Waals surface area contributed by atoms with Crippen LogP contribution in [0.25, 0.3) is 0 Å². The van der Waals surface area contributed by atoms with E-state index in [-0.39, 0.29) is 15.5 Å². The number of sulfonamides is 1. The van der Waals surface area contributed by atoms with E-state index in [2.05, 4.69) is 10.0 Å². The van der Waals surface area contributed by atoms with Gasteiger partial charge in [-0.3, -0.25) is 9.52 Å². The highest BCUT2D eigenvalue weighted by molar-refractivity contribution is 7.92. The van der Waals surface area contributed by atoms with Crippen LogP contribution in [0, 0.1) is 13.8 Å². The van der Waals surface area contributed by atoms with Crippen LogP contribution in [0.2, 0.25) is 5.02 Å². The van der Waals surface area contributed by atoms with Gasteiger partial charge in [-0.15, -0.1) is 0 Å². The predicted octanol–water partition coefficient (Wildman–Crippen LogP) is 4.80. The van der Waals surface area contributed by atoms with Gasteiger partial charge in [-0.05, 0) is 61.4 Å². The minimum Gasteiger partial charge on any atom is -0.465 e. The summed E-state index contributed by atoms with van der Waals surface area (Å²) in [6.07, 6.45) is 0. The maximum Gasteiger partial charge on any atom is 0.338 e. The Labute approximate surface area is 191 Å². The summed E-state index contributed by atoms with van der Waals surface area (Å²) in [5.74, 6) is -1.08. The van der Waals surface area contributed by atoms with Crippen molar-refractivity contribution in [2.45, 2.75) is 18.7 Å². The van der Waals surface area contributed by atoms with E-state index in [1.165, 1.54) is 25.3 Å². The Kier molecular flexibility index (Phi) is 6.86. The molecule has 0 aliphatic rings. The van der Waals surface area contributed by atoms with Gasteiger partial charge in [0.1, 0.15) is 4.90 Å². The molecule has 0 radical (unpaired) electrons. The molecule has 7 nitrogen and oxygen atoms in total. The molecular weight excluding hydrogens is 452 g/mol. The van der Waals surface area contributed by atoms with E-state index in [0.717, 1.165) is 5.56 Å². The zero-order valence-corrected chi connectivity index (χ0v) is 19.2. The molecule has 3 aromatic rings. The van der Waals surface area contributed by atoms with Crippen LogP contribution in [0.15, 0.2) is 65.6 Å². The van der Waals surface area contributed by atoms with Gasteiger partial charge in [0.15, 0.2) is 0 Å². The third kappa shape index (κ3) is 4.92. The fraction of sp³-hybridized carbons (Fsp3) is 0.130. The number of ether oxygens (including phenoxy) is 1. The molecule has 0 bridgehead atoms. The number of carbonyl (C=O) groups is 2. The monoisotopic (exact) mass is 472 g/mol. The number of rotatable bonds is 6. The Morgan fingerprint density at radius 3 is 2.31 bits per heavy atom. The van der Waals surface area contributed by atoms with E-state index in [0.29, 0.717) is 22.5 Å². The van der Waals surface area contributed by atoms with E-state index in [9.17, 15) is 18.0 Å². The van der Waals surface area contributed by atoms with Crippen LogP contribution in [-0.2, 0) is 14.8 Å². The molecule has 0 aromatic heterocycles. The number of esters is 1. The number of anilines is 2. The van der Waals surface area contributed by atoms with Crippen molar-refractivity contribution in [3.63, 3.8) is 0 Å². The maximum absolute atomic E-state index is 12.9. The number of hydrogen-bond donors (Lipinski definition) is 2. The summed E-state index contributed by atoms with van der Waals surface area (Å²) in [5, 5.41) is 2.68. The SMILES string of the molecule is COC(=O)c1cccc(NC(=O)c2ccc(Cl)c(S(=O)(=O)Nc3ccccc3C)c2)c1C. The third-order valence-corrected chi connectivity index (χ3v) is 6.71. The molecular formula is C23H21ClN2O5S. The molecule has 0 atom stereocenters. The highest BCUT2D eigenvalue weighted by Crippen LogP contribution is 2.27. The van der Waals surface area contributed by atoms with Crippen LogP contribution in [0.5, 0.6) is 0 Å². The Hall–Kier alpha value is -3.36. The molecule has 3 aromatic carbocycles. The molecule has 0 unspecified atom stereocenters. The number of carbonyl (C=O) groups excluding carboxylic acids is 2. The largest absolute Gasteiger partial charge is 0.465 e. The Morgan fingerprint density at radius 2 is 1.62 bits per heavy atom. The van der Waals surface area contributed by atoms with Crippen molar-refractivity contribution in [3.8, 4) is 0 Å². The number of hydrogen-bond acceptors (Lipinski definition) is 5. The van der Waals surface area contributed by atoms with Crippen molar-refractivity contribution in [2.24, 2.45) is 0 Å². The summed E-state index contributed by atoms with van der Waals surface area (Å²) in [4.78, 5) is 24.5. The average molecular weight is 473 g/mol. The third-order valence-electron chi connectivity index (χ3n) is 4.86. The van der Waals surface area contributed by atoms with Gasteiger partial charge in [0, 0.05) is 11.3 Å². The Balaban J connectivity index is 1.91. The minimum atomic E-state index is -4.05. The Morgan fingerprint density at radius 1 is 0.938 bits per heavy atom. The molecule has 0 spiro atoms. The highest BCUT2D eigenvalue weighted by Gasteiger charge is 2.22. The second kappa shape index (κ2) is 9.42. The fourth-order valence-electron chi connectivity index (χ4n) is 3.03. The van der Waals surface area contributed by atoms with Crippen LogP contribution < -0.4 is 10.0 Å². The number of methoxy groups -OCH3 is 1. The summed E-state index contributed by atoms with van der Waals surface area (Å²) < 4.78 is 33.1. The molecule has 32 heavy (non-hydrogen) atoms.